The first-order valence-corrected chi connectivity index (χ1v) is 14.0. The third-order valence-corrected chi connectivity index (χ3v) is 7.66. The van der Waals surface area contributed by atoms with Gasteiger partial charge in [0.15, 0.2) is 0 Å². The number of anilines is 1. The van der Waals surface area contributed by atoms with E-state index in [1.807, 2.05) is 30.3 Å². The number of urea groups is 1. The number of rotatable bonds is 9. The largest absolute Gasteiger partial charge is 0.508 e. The number of para-hydroxylation sites is 1. The number of hydrogen-bond acceptors (Lipinski definition) is 7. The normalized spacial score (nSPS) is 18.7. The molecule has 0 spiro atoms. The van der Waals surface area contributed by atoms with Crippen LogP contribution in [0.1, 0.15) is 16.7 Å². The van der Waals surface area contributed by atoms with Crippen molar-refractivity contribution in [2.24, 2.45) is 0 Å². The number of piperazine rings is 1. The van der Waals surface area contributed by atoms with Crippen molar-refractivity contribution >= 4 is 29.2 Å². The fraction of sp³-hybridized carbons (Fsp3) is 0.250. The third-order valence-electron chi connectivity index (χ3n) is 7.66. The molecule has 0 aromatic heterocycles. The first kappa shape index (κ1) is 29.3. The van der Waals surface area contributed by atoms with Crippen LogP contribution in [0.2, 0.25) is 0 Å². The average Bonchev–Trinajstić information content (AvgIpc) is 3.00. The summed E-state index contributed by atoms with van der Waals surface area (Å²) in [4.78, 5) is 44.5. The van der Waals surface area contributed by atoms with Gasteiger partial charge in [0.1, 0.15) is 18.0 Å². The summed E-state index contributed by atoms with van der Waals surface area (Å²) in [5, 5.41) is 24.7. The van der Waals surface area contributed by atoms with Gasteiger partial charge in [-0.1, -0.05) is 66.7 Å². The van der Waals surface area contributed by atoms with Gasteiger partial charge in [0.05, 0.1) is 25.3 Å². The topological polar surface area (TPSA) is 146 Å². The molecule has 11 heteroatoms. The molecule has 2 heterocycles. The van der Waals surface area contributed by atoms with Gasteiger partial charge in [-0.15, -0.1) is 6.58 Å². The summed E-state index contributed by atoms with van der Waals surface area (Å²) in [6.07, 6.45) is 0.950. The lowest BCUT2D eigenvalue weighted by Gasteiger charge is -2.55. The van der Waals surface area contributed by atoms with Gasteiger partial charge in [0, 0.05) is 30.8 Å². The maximum absolute atomic E-state index is 14.0. The number of carbonyl (C=O) groups excluding carboxylic acids is 3. The number of benzene rings is 3. The summed E-state index contributed by atoms with van der Waals surface area (Å²) in [5.41, 5.74) is 8.86. The van der Waals surface area contributed by atoms with Crippen molar-refractivity contribution < 1.29 is 19.5 Å². The Kier molecular flexibility index (Phi) is 8.72. The number of carbonyl (C=O) groups is 3. The molecule has 3 aromatic rings. The predicted molar refractivity (Wildman–Crippen MR) is 163 cm³/mol. The van der Waals surface area contributed by atoms with Crippen molar-refractivity contribution in [2.75, 3.05) is 31.9 Å². The van der Waals surface area contributed by atoms with Crippen molar-refractivity contribution in [3.05, 3.63) is 108 Å². The predicted octanol–water partition coefficient (Wildman–Crippen LogP) is 2.58. The van der Waals surface area contributed by atoms with Crippen LogP contribution in [0.25, 0.3) is 0 Å². The summed E-state index contributed by atoms with van der Waals surface area (Å²) < 4.78 is 0. The van der Waals surface area contributed by atoms with E-state index in [0.29, 0.717) is 11.3 Å². The highest BCUT2D eigenvalue weighted by molar-refractivity contribution is 6.05. The van der Waals surface area contributed by atoms with Crippen LogP contribution in [0, 0.1) is 5.41 Å². The highest BCUT2D eigenvalue weighted by atomic mass is 16.3. The lowest BCUT2D eigenvalue weighted by Crippen LogP contribution is -2.77. The molecule has 0 unspecified atom stereocenters. The molecule has 2 fully saturated rings. The van der Waals surface area contributed by atoms with Gasteiger partial charge in [-0.3, -0.25) is 9.59 Å². The smallest absolute Gasteiger partial charge is 0.334 e. The molecular weight excluding hydrogens is 546 g/mol. The number of fused-ring (bicyclic) bond motifs is 1. The van der Waals surface area contributed by atoms with E-state index in [-0.39, 0.29) is 62.4 Å². The van der Waals surface area contributed by atoms with Crippen molar-refractivity contribution in [1.29, 1.82) is 5.41 Å². The van der Waals surface area contributed by atoms with Crippen LogP contribution in [0.4, 0.5) is 10.5 Å². The number of phenols is 1. The van der Waals surface area contributed by atoms with Gasteiger partial charge in [-0.05, 0) is 29.3 Å². The van der Waals surface area contributed by atoms with Crippen LogP contribution in [0.15, 0.2) is 91.5 Å². The zero-order chi connectivity index (χ0) is 30.5. The number of aromatic hydroxyl groups is 1. The Labute approximate surface area is 250 Å². The summed E-state index contributed by atoms with van der Waals surface area (Å²) in [5.74, 6) is -0.542. The van der Waals surface area contributed by atoms with Crippen LogP contribution < -0.4 is 11.1 Å². The Morgan fingerprint density at radius 1 is 1.02 bits per heavy atom. The maximum atomic E-state index is 14.0. The van der Waals surface area contributed by atoms with E-state index in [1.165, 1.54) is 26.9 Å². The van der Waals surface area contributed by atoms with Gasteiger partial charge in [0.25, 0.3) is 0 Å². The van der Waals surface area contributed by atoms with Crippen LogP contribution in [0.3, 0.4) is 0 Å². The number of nitrogens with zero attached hydrogens (tertiary/aromatic N) is 4. The molecule has 2 atom stereocenters. The minimum Gasteiger partial charge on any atom is -0.508 e. The number of nitrogens with one attached hydrogen (secondary N) is 2. The summed E-state index contributed by atoms with van der Waals surface area (Å²) >= 11 is 0. The zero-order valence-corrected chi connectivity index (χ0v) is 23.7. The van der Waals surface area contributed by atoms with Crippen LogP contribution in [-0.4, -0.2) is 86.9 Å². The molecule has 0 bridgehead atoms. The summed E-state index contributed by atoms with van der Waals surface area (Å²) in [7, 11) is 0. The Morgan fingerprint density at radius 3 is 2.42 bits per heavy atom. The molecule has 5 rings (SSSR count). The fourth-order valence-electron chi connectivity index (χ4n) is 5.60. The van der Waals surface area contributed by atoms with Crippen LogP contribution >= 0.6 is 0 Å². The first-order valence-electron chi connectivity index (χ1n) is 14.0. The van der Waals surface area contributed by atoms with E-state index in [4.69, 9.17) is 11.1 Å². The second-order valence-corrected chi connectivity index (χ2v) is 10.6. The first-order chi connectivity index (χ1) is 20.8. The second kappa shape index (κ2) is 12.8. The lowest BCUT2D eigenvalue weighted by molar-refractivity contribution is -0.188. The Hall–Kier alpha value is -5.16. The highest BCUT2D eigenvalue weighted by Crippen LogP contribution is 2.29. The van der Waals surface area contributed by atoms with Crippen molar-refractivity contribution in [3.63, 3.8) is 0 Å². The van der Waals surface area contributed by atoms with E-state index in [9.17, 15) is 19.5 Å². The number of hydrogen-bond donors (Lipinski definition) is 4. The lowest BCUT2D eigenvalue weighted by atomic mass is 9.98. The van der Waals surface area contributed by atoms with Crippen molar-refractivity contribution in [1.82, 2.24) is 25.1 Å². The van der Waals surface area contributed by atoms with E-state index in [1.54, 1.807) is 47.5 Å². The standard InChI is InChI=1S/C32H35N7O4/c1-2-16-37-21-30(41)38-28(17-22-12-14-24(40)15-13-22)31(42)36(19-27(34)25-10-6-7-11-26(25)33)20-29(38)39(37)32(43)35-18-23-8-4-3-5-9-23/h2-15,28-29,34,40H,1,16-21,33H2,(H,35,43)/t28-,29-/m0/s1. The summed E-state index contributed by atoms with van der Waals surface area (Å²) in [6, 6.07) is 21.6. The number of nitrogen functional groups attached to an aromatic ring is 1. The molecule has 222 valence electrons. The monoisotopic (exact) mass is 581 g/mol. The molecule has 43 heavy (non-hydrogen) atoms. The summed E-state index contributed by atoms with van der Waals surface area (Å²) in [6.45, 7) is 4.15. The zero-order valence-electron chi connectivity index (χ0n) is 23.7. The molecule has 0 radical (unpaired) electrons. The quantitative estimate of drug-likeness (QED) is 0.174. The van der Waals surface area contributed by atoms with Gasteiger partial charge in [-0.2, -0.15) is 0 Å². The molecule has 4 amide bonds. The maximum Gasteiger partial charge on any atom is 0.334 e. The minimum atomic E-state index is -0.938. The molecule has 3 aromatic carbocycles. The molecular formula is C32H35N7O4. The van der Waals surface area contributed by atoms with E-state index in [0.717, 1.165) is 11.1 Å². The number of phenolic OH excluding ortho intramolecular Hbond substituents is 1. The van der Waals surface area contributed by atoms with Crippen LogP contribution in [-0.2, 0) is 22.6 Å². The Bertz CT molecular complexity index is 1510. The van der Waals surface area contributed by atoms with Gasteiger partial charge in [-0.25, -0.2) is 14.8 Å². The minimum absolute atomic E-state index is 0.00182. The Balaban J connectivity index is 1.49. The third kappa shape index (κ3) is 6.36. The molecule has 0 aliphatic carbocycles. The molecule has 11 nitrogen and oxygen atoms in total. The molecule has 0 saturated carbocycles. The molecule has 5 N–H and O–H groups in total. The molecule has 2 aliphatic rings. The van der Waals surface area contributed by atoms with E-state index in [2.05, 4.69) is 11.9 Å². The molecule has 2 saturated heterocycles. The second-order valence-electron chi connectivity index (χ2n) is 10.6. The van der Waals surface area contributed by atoms with E-state index < -0.39 is 18.2 Å². The van der Waals surface area contributed by atoms with E-state index >= 15 is 0 Å². The van der Waals surface area contributed by atoms with Crippen molar-refractivity contribution in [3.8, 4) is 5.75 Å². The average molecular weight is 582 g/mol. The number of nitrogens with two attached hydrogens (primary N) is 1. The van der Waals surface area contributed by atoms with Gasteiger partial charge < -0.3 is 31.4 Å². The van der Waals surface area contributed by atoms with Gasteiger partial charge >= 0.3 is 6.03 Å². The van der Waals surface area contributed by atoms with Crippen LogP contribution in [0.5, 0.6) is 5.75 Å². The Morgan fingerprint density at radius 2 is 1.72 bits per heavy atom. The van der Waals surface area contributed by atoms with Crippen molar-refractivity contribution in [2.45, 2.75) is 25.2 Å². The van der Waals surface area contributed by atoms with Gasteiger partial charge in [0.2, 0.25) is 11.8 Å². The highest BCUT2D eigenvalue weighted by Gasteiger charge is 2.51. The fourth-order valence-corrected chi connectivity index (χ4v) is 5.60. The number of hydrazine groups is 1. The molecule has 2 aliphatic heterocycles. The SMILES string of the molecule is C=CCN1CC(=O)N2[C@@H](Cc3ccc(O)cc3)C(=O)N(CC(=N)c3ccccc3N)C[C@@H]2N1C(=O)NCc1ccccc1. The number of amides is 4.